The number of hydrogen-bond donors (Lipinski definition) is 1. The Kier molecular flexibility index (Phi) is 6.45. The van der Waals surface area contributed by atoms with Gasteiger partial charge in [-0.05, 0) is 44.2 Å². The smallest absolute Gasteiger partial charge is 0.338 e. The average Bonchev–Trinajstić information content (AvgIpc) is 3.14. The van der Waals surface area contributed by atoms with Crippen molar-refractivity contribution in [1.29, 1.82) is 0 Å². The molecule has 1 heterocycles. The van der Waals surface area contributed by atoms with Crippen molar-refractivity contribution in [2.75, 3.05) is 20.3 Å². The lowest BCUT2D eigenvalue weighted by Crippen LogP contribution is -2.31. The molecule has 7 heteroatoms. The minimum absolute atomic E-state index is 0.274. The third-order valence-electron chi connectivity index (χ3n) is 3.38. The number of carbonyl (C=O) groups excluding carboxylic acids is 2. The zero-order valence-corrected chi connectivity index (χ0v) is 14.4. The highest BCUT2D eigenvalue weighted by Crippen LogP contribution is 2.28. The topological polar surface area (TPSA) is 87.0 Å². The van der Waals surface area contributed by atoms with Crippen LogP contribution < -0.4 is 14.8 Å². The molecule has 1 aromatic heterocycles. The van der Waals surface area contributed by atoms with E-state index in [-0.39, 0.29) is 18.2 Å². The molecule has 7 nitrogen and oxygen atoms in total. The van der Waals surface area contributed by atoms with E-state index < -0.39 is 11.9 Å². The van der Waals surface area contributed by atoms with Crippen molar-refractivity contribution < 1.29 is 28.2 Å². The molecular weight excluding hydrogens is 326 g/mol. The van der Waals surface area contributed by atoms with Gasteiger partial charge in [0.1, 0.15) is 5.76 Å². The summed E-state index contributed by atoms with van der Waals surface area (Å²) in [6, 6.07) is 7.86. The fourth-order valence-corrected chi connectivity index (χ4v) is 2.18. The molecule has 1 amide bonds. The first-order chi connectivity index (χ1) is 12.0. The van der Waals surface area contributed by atoms with E-state index in [0.717, 1.165) is 0 Å². The van der Waals surface area contributed by atoms with E-state index in [1.54, 1.807) is 31.2 Å². The van der Waals surface area contributed by atoms with Gasteiger partial charge in [-0.1, -0.05) is 0 Å². The Bertz CT molecular complexity index is 710. The molecule has 1 atom stereocenters. The summed E-state index contributed by atoms with van der Waals surface area (Å²) in [4.78, 5) is 24.0. The van der Waals surface area contributed by atoms with Crippen LogP contribution in [0.2, 0.25) is 0 Å². The first-order valence-corrected chi connectivity index (χ1v) is 7.85. The molecule has 0 unspecified atom stereocenters. The van der Waals surface area contributed by atoms with Gasteiger partial charge in [-0.25, -0.2) is 4.79 Å². The number of amides is 1. The highest BCUT2D eigenvalue weighted by atomic mass is 16.5. The maximum atomic E-state index is 12.1. The van der Waals surface area contributed by atoms with Crippen molar-refractivity contribution in [3.8, 4) is 11.5 Å². The van der Waals surface area contributed by atoms with Gasteiger partial charge in [0.25, 0.3) is 5.91 Å². The molecule has 0 saturated heterocycles. The van der Waals surface area contributed by atoms with Crippen LogP contribution in [-0.4, -0.2) is 32.2 Å². The van der Waals surface area contributed by atoms with Gasteiger partial charge in [0, 0.05) is 0 Å². The normalized spacial score (nSPS) is 11.5. The Morgan fingerprint density at radius 3 is 2.68 bits per heavy atom. The maximum Gasteiger partial charge on any atom is 0.338 e. The van der Waals surface area contributed by atoms with E-state index in [1.807, 2.05) is 6.92 Å². The van der Waals surface area contributed by atoms with Crippen LogP contribution in [0.4, 0.5) is 0 Å². The number of esters is 1. The summed E-state index contributed by atoms with van der Waals surface area (Å²) >= 11 is 0. The van der Waals surface area contributed by atoms with Crippen LogP contribution in [0.3, 0.4) is 0 Å². The number of ether oxygens (including phenoxy) is 3. The quantitative estimate of drug-likeness (QED) is 0.739. The summed E-state index contributed by atoms with van der Waals surface area (Å²) in [5.41, 5.74) is 0.274. The number of benzene rings is 1. The molecule has 0 fully saturated rings. The second kappa shape index (κ2) is 8.77. The first kappa shape index (κ1) is 18.4. The van der Waals surface area contributed by atoms with E-state index in [2.05, 4.69) is 5.32 Å². The van der Waals surface area contributed by atoms with Crippen LogP contribution in [-0.2, 0) is 9.53 Å². The van der Waals surface area contributed by atoms with Gasteiger partial charge in [-0.3, -0.25) is 4.79 Å². The van der Waals surface area contributed by atoms with Crippen LogP contribution in [0, 0.1) is 0 Å². The average molecular weight is 347 g/mol. The summed E-state index contributed by atoms with van der Waals surface area (Å²) in [6.07, 6.45) is 1.53. The fraction of sp³-hybridized carbons (Fsp3) is 0.333. The second-order valence-electron chi connectivity index (χ2n) is 5.18. The van der Waals surface area contributed by atoms with Crippen molar-refractivity contribution in [2.24, 2.45) is 0 Å². The standard InChI is InChI=1S/C18H21NO6/c1-4-23-16-10-13(7-8-15(16)22-3)18(21)25-11-17(20)19-12(2)14-6-5-9-24-14/h5-10,12H,4,11H2,1-3H3,(H,19,20)/t12-/m1/s1. The molecule has 0 saturated carbocycles. The number of hydrogen-bond acceptors (Lipinski definition) is 6. The summed E-state index contributed by atoms with van der Waals surface area (Å²) in [5, 5.41) is 2.68. The van der Waals surface area contributed by atoms with Crippen molar-refractivity contribution in [3.05, 3.63) is 47.9 Å². The highest BCUT2D eigenvalue weighted by Gasteiger charge is 2.16. The van der Waals surface area contributed by atoms with E-state index in [9.17, 15) is 9.59 Å². The molecule has 0 aliphatic rings. The van der Waals surface area contributed by atoms with Crippen molar-refractivity contribution >= 4 is 11.9 Å². The third-order valence-corrected chi connectivity index (χ3v) is 3.38. The van der Waals surface area contributed by atoms with Crippen molar-refractivity contribution in [3.63, 3.8) is 0 Å². The molecular formula is C18H21NO6. The SMILES string of the molecule is CCOc1cc(C(=O)OCC(=O)N[C@H](C)c2ccco2)ccc1OC. The van der Waals surface area contributed by atoms with Gasteiger partial charge in [-0.2, -0.15) is 0 Å². The predicted molar refractivity (Wildman–Crippen MR) is 89.7 cm³/mol. The summed E-state index contributed by atoms with van der Waals surface area (Å²) in [6.45, 7) is 3.65. The molecule has 0 radical (unpaired) electrons. The molecule has 2 rings (SSSR count). The largest absolute Gasteiger partial charge is 0.493 e. The molecule has 134 valence electrons. The van der Waals surface area contributed by atoms with E-state index >= 15 is 0 Å². The van der Waals surface area contributed by atoms with Crippen LogP contribution in [0.1, 0.15) is 36.0 Å². The number of nitrogens with one attached hydrogen (secondary N) is 1. The Labute approximate surface area is 145 Å². The molecule has 2 aromatic rings. The summed E-state index contributed by atoms with van der Waals surface area (Å²) in [7, 11) is 1.51. The monoisotopic (exact) mass is 347 g/mol. The lowest BCUT2D eigenvalue weighted by atomic mass is 10.2. The number of methoxy groups -OCH3 is 1. The zero-order chi connectivity index (χ0) is 18.2. The summed E-state index contributed by atoms with van der Waals surface area (Å²) in [5.74, 6) is 0.537. The van der Waals surface area contributed by atoms with Gasteiger partial charge >= 0.3 is 5.97 Å². The van der Waals surface area contributed by atoms with Gasteiger partial charge < -0.3 is 23.9 Å². The second-order valence-corrected chi connectivity index (χ2v) is 5.18. The number of rotatable bonds is 8. The molecule has 1 N–H and O–H groups in total. The van der Waals surface area contributed by atoms with Crippen molar-refractivity contribution in [1.82, 2.24) is 5.32 Å². The minimum Gasteiger partial charge on any atom is -0.493 e. The fourth-order valence-electron chi connectivity index (χ4n) is 2.18. The van der Waals surface area contributed by atoms with Gasteiger partial charge in [0.15, 0.2) is 18.1 Å². The van der Waals surface area contributed by atoms with Crippen LogP contribution in [0.5, 0.6) is 11.5 Å². The van der Waals surface area contributed by atoms with E-state index in [4.69, 9.17) is 18.6 Å². The first-order valence-electron chi connectivity index (χ1n) is 7.85. The minimum atomic E-state index is -0.621. The molecule has 25 heavy (non-hydrogen) atoms. The molecule has 0 aliphatic heterocycles. The summed E-state index contributed by atoms with van der Waals surface area (Å²) < 4.78 is 20.8. The number of furan rings is 1. The predicted octanol–water partition coefficient (Wildman–Crippen LogP) is 2.72. The maximum absolute atomic E-state index is 12.1. The van der Waals surface area contributed by atoms with Gasteiger partial charge in [-0.15, -0.1) is 0 Å². The molecule has 0 spiro atoms. The number of carbonyl (C=O) groups is 2. The van der Waals surface area contributed by atoms with Crippen LogP contribution >= 0.6 is 0 Å². The van der Waals surface area contributed by atoms with Crippen LogP contribution in [0.25, 0.3) is 0 Å². The zero-order valence-electron chi connectivity index (χ0n) is 14.4. The van der Waals surface area contributed by atoms with E-state index in [1.165, 1.54) is 19.4 Å². The third kappa shape index (κ3) is 5.00. The van der Waals surface area contributed by atoms with Crippen molar-refractivity contribution in [2.45, 2.75) is 19.9 Å². The molecule has 0 bridgehead atoms. The van der Waals surface area contributed by atoms with Gasteiger partial charge in [0.2, 0.25) is 0 Å². The van der Waals surface area contributed by atoms with E-state index in [0.29, 0.717) is 23.9 Å². The lowest BCUT2D eigenvalue weighted by molar-refractivity contribution is -0.125. The lowest BCUT2D eigenvalue weighted by Gasteiger charge is -2.12. The molecule has 0 aliphatic carbocycles. The van der Waals surface area contributed by atoms with Gasteiger partial charge in [0.05, 0.1) is 31.6 Å². The highest BCUT2D eigenvalue weighted by molar-refractivity contribution is 5.92. The Balaban J connectivity index is 1.91. The Morgan fingerprint density at radius 1 is 1.24 bits per heavy atom. The Morgan fingerprint density at radius 2 is 2.04 bits per heavy atom. The Hall–Kier alpha value is -2.96. The molecule has 1 aromatic carbocycles. The van der Waals surface area contributed by atoms with Crippen LogP contribution in [0.15, 0.2) is 41.0 Å².